The molecule has 0 aliphatic carbocycles. The molecule has 0 spiro atoms. The van der Waals surface area contributed by atoms with Gasteiger partial charge in [0.05, 0.1) is 28.5 Å². The zero-order chi connectivity index (χ0) is 14.2. The topological polar surface area (TPSA) is 98.7 Å². The number of nitrogen functional groups attached to an aromatic ring is 1. The van der Waals surface area contributed by atoms with Gasteiger partial charge in [-0.1, -0.05) is 0 Å². The molecule has 2 rings (SSSR count). The highest BCUT2D eigenvalue weighted by molar-refractivity contribution is 7.89. The number of hydrogen-bond acceptors (Lipinski definition) is 5. The van der Waals surface area contributed by atoms with Gasteiger partial charge >= 0.3 is 0 Å². The van der Waals surface area contributed by atoms with Crippen molar-refractivity contribution in [3.63, 3.8) is 0 Å². The molecule has 1 aromatic carbocycles. The summed E-state index contributed by atoms with van der Waals surface area (Å²) >= 11 is 0. The van der Waals surface area contributed by atoms with Gasteiger partial charge in [0.15, 0.2) is 0 Å². The first-order valence-corrected chi connectivity index (χ1v) is 7.64. The molecule has 106 valence electrons. The van der Waals surface area contributed by atoms with Crippen LogP contribution in [0.2, 0.25) is 0 Å². The van der Waals surface area contributed by atoms with Crippen molar-refractivity contribution in [2.45, 2.75) is 31.0 Å². The zero-order valence-electron chi connectivity index (χ0n) is 11.0. The number of hydrogen-bond donors (Lipinski definition) is 2. The number of sulfonamides is 1. The lowest BCUT2D eigenvalue weighted by molar-refractivity contribution is -0.00518. The Hall–Kier alpha value is -1.31. The predicted octanol–water partition coefficient (Wildman–Crippen LogP) is 0.530. The fourth-order valence-corrected chi connectivity index (χ4v) is 2.88. The van der Waals surface area contributed by atoms with Crippen molar-refractivity contribution in [3.8, 4) is 0 Å². The minimum atomic E-state index is -3.72. The van der Waals surface area contributed by atoms with E-state index in [-0.39, 0.29) is 17.1 Å². The van der Waals surface area contributed by atoms with Crippen molar-refractivity contribution in [1.29, 1.82) is 0 Å². The lowest BCUT2D eigenvalue weighted by Gasteiger charge is -2.37. The average molecular weight is 285 g/mol. The van der Waals surface area contributed by atoms with E-state index in [1.165, 1.54) is 12.1 Å². The Morgan fingerprint density at radius 1 is 1.26 bits per heavy atom. The molecule has 1 saturated heterocycles. The van der Waals surface area contributed by atoms with Crippen LogP contribution >= 0.6 is 0 Å². The van der Waals surface area contributed by atoms with Crippen molar-refractivity contribution < 1.29 is 13.2 Å². The summed E-state index contributed by atoms with van der Waals surface area (Å²) in [4.78, 5) is 2.10. The van der Waals surface area contributed by atoms with Gasteiger partial charge in [-0.25, -0.2) is 13.6 Å². The second-order valence-electron chi connectivity index (χ2n) is 4.93. The van der Waals surface area contributed by atoms with Crippen LogP contribution in [0.5, 0.6) is 0 Å². The van der Waals surface area contributed by atoms with Crippen LogP contribution < -0.4 is 15.8 Å². The lowest BCUT2D eigenvalue weighted by Crippen LogP contribution is -2.45. The molecule has 1 heterocycles. The van der Waals surface area contributed by atoms with E-state index in [0.717, 1.165) is 0 Å². The standard InChI is InChI=1S/C12H19N3O3S/c1-8-6-15(7-9(2)18-8)12-5-10(19(14,16)17)3-4-11(12)13/h3-5,8-9H,6-7,13H2,1-2H3,(H2,14,16,17). The van der Waals surface area contributed by atoms with Gasteiger partial charge in [0.25, 0.3) is 0 Å². The maximum Gasteiger partial charge on any atom is 0.238 e. The van der Waals surface area contributed by atoms with Crippen LogP contribution in [0.25, 0.3) is 0 Å². The van der Waals surface area contributed by atoms with Crippen molar-refractivity contribution >= 4 is 21.4 Å². The van der Waals surface area contributed by atoms with Crippen LogP contribution in [0.15, 0.2) is 23.1 Å². The second kappa shape index (κ2) is 4.99. The molecule has 4 N–H and O–H groups in total. The molecule has 19 heavy (non-hydrogen) atoms. The third kappa shape index (κ3) is 3.17. The summed E-state index contributed by atoms with van der Waals surface area (Å²) in [7, 11) is -3.72. The van der Waals surface area contributed by atoms with Gasteiger partial charge in [-0.3, -0.25) is 0 Å². The largest absolute Gasteiger partial charge is 0.397 e. The Bertz CT molecular complexity index is 564. The molecular weight excluding hydrogens is 266 g/mol. The predicted molar refractivity (Wildman–Crippen MR) is 74.4 cm³/mol. The fraction of sp³-hybridized carbons (Fsp3) is 0.500. The van der Waals surface area contributed by atoms with Crippen LogP contribution in [0, 0.1) is 0 Å². The molecule has 2 unspecified atom stereocenters. The molecule has 0 bridgehead atoms. The quantitative estimate of drug-likeness (QED) is 0.772. The maximum absolute atomic E-state index is 11.4. The number of nitrogens with zero attached hydrogens (tertiary/aromatic N) is 1. The number of rotatable bonds is 2. The molecular formula is C12H19N3O3S. The van der Waals surface area contributed by atoms with E-state index in [2.05, 4.69) is 0 Å². The highest BCUT2D eigenvalue weighted by Gasteiger charge is 2.24. The van der Waals surface area contributed by atoms with Crippen molar-refractivity contribution in [2.24, 2.45) is 5.14 Å². The van der Waals surface area contributed by atoms with E-state index in [0.29, 0.717) is 24.5 Å². The fourth-order valence-electron chi connectivity index (χ4n) is 2.35. The van der Waals surface area contributed by atoms with Gasteiger partial charge in [-0.2, -0.15) is 0 Å². The molecule has 0 amide bonds. The average Bonchev–Trinajstić information content (AvgIpc) is 2.26. The summed E-state index contributed by atoms with van der Waals surface area (Å²) in [6.45, 7) is 5.29. The molecule has 0 aromatic heterocycles. The van der Waals surface area contributed by atoms with Gasteiger partial charge in [0.1, 0.15) is 0 Å². The Labute approximate surface area is 113 Å². The summed E-state index contributed by atoms with van der Waals surface area (Å²) in [6, 6.07) is 4.51. The summed E-state index contributed by atoms with van der Waals surface area (Å²) in [5, 5.41) is 5.15. The summed E-state index contributed by atoms with van der Waals surface area (Å²) in [5.74, 6) is 0. The lowest BCUT2D eigenvalue weighted by atomic mass is 10.2. The number of nitrogens with two attached hydrogens (primary N) is 2. The van der Waals surface area contributed by atoms with Gasteiger partial charge in [0.2, 0.25) is 10.0 Å². The Morgan fingerprint density at radius 2 is 1.84 bits per heavy atom. The molecule has 1 aliphatic rings. The Morgan fingerprint density at radius 3 is 2.37 bits per heavy atom. The maximum atomic E-state index is 11.4. The third-order valence-corrected chi connectivity index (χ3v) is 4.00. The first-order chi connectivity index (χ1) is 8.77. The zero-order valence-corrected chi connectivity index (χ0v) is 11.9. The van der Waals surface area contributed by atoms with E-state index < -0.39 is 10.0 Å². The van der Waals surface area contributed by atoms with Crippen LogP contribution in [0.4, 0.5) is 11.4 Å². The monoisotopic (exact) mass is 285 g/mol. The van der Waals surface area contributed by atoms with Crippen LogP contribution in [-0.4, -0.2) is 33.7 Å². The molecule has 0 radical (unpaired) electrons. The van der Waals surface area contributed by atoms with Crippen molar-refractivity contribution in [3.05, 3.63) is 18.2 Å². The summed E-state index contributed by atoms with van der Waals surface area (Å²) in [5.41, 5.74) is 7.16. The van der Waals surface area contributed by atoms with E-state index in [1.54, 1.807) is 6.07 Å². The highest BCUT2D eigenvalue weighted by atomic mass is 32.2. The third-order valence-electron chi connectivity index (χ3n) is 3.09. The highest BCUT2D eigenvalue weighted by Crippen LogP contribution is 2.28. The molecule has 1 aromatic rings. The summed E-state index contributed by atoms with van der Waals surface area (Å²) in [6.07, 6.45) is 0.141. The molecule has 0 saturated carbocycles. The van der Waals surface area contributed by atoms with Gasteiger partial charge in [-0.05, 0) is 32.0 Å². The molecule has 2 atom stereocenters. The molecule has 7 heteroatoms. The van der Waals surface area contributed by atoms with Crippen molar-refractivity contribution in [1.82, 2.24) is 0 Å². The van der Waals surface area contributed by atoms with E-state index in [1.807, 2.05) is 18.7 Å². The Kier molecular flexibility index (Phi) is 3.71. The van der Waals surface area contributed by atoms with Gasteiger partial charge < -0.3 is 15.4 Å². The van der Waals surface area contributed by atoms with E-state index in [9.17, 15) is 8.42 Å². The number of ether oxygens (including phenoxy) is 1. The number of anilines is 2. The first kappa shape index (κ1) is 14.1. The molecule has 1 aliphatic heterocycles. The van der Waals surface area contributed by atoms with E-state index >= 15 is 0 Å². The van der Waals surface area contributed by atoms with Crippen LogP contribution in [0.1, 0.15) is 13.8 Å². The summed E-state index contributed by atoms with van der Waals surface area (Å²) < 4.78 is 28.5. The number of benzene rings is 1. The van der Waals surface area contributed by atoms with Gasteiger partial charge in [-0.15, -0.1) is 0 Å². The normalized spacial score (nSPS) is 24.5. The van der Waals surface area contributed by atoms with Gasteiger partial charge in [0, 0.05) is 13.1 Å². The smallest absolute Gasteiger partial charge is 0.238 e. The van der Waals surface area contributed by atoms with Crippen LogP contribution in [0.3, 0.4) is 0 Å². The Balaban J connectivity index is 2.38. The minimum Gasteiger partial charge on any atom is -0.397 e. The van der Waals surface area contributed by atoms with E-state index in [4.69, 9.17) is 15.6 Å². The SMILES string of the molecule is CC1CN(c2cc(S(N)(=O)=O)ccc2N)CC(C)O1. The molecule has 6 nitrogen and oxygen atoms in total. The number of primary sulfonamides is 1. The first-order valence-electron chi connectivity index (χ1n) is 6.10. The van der Waals surface area contributed by atoms with Crippen LogP contribution in [-0.2, 0) is 14.8 Å². The number of morpholine rings is 1. The second-order valence-corrected chi connectivity index (χ2v) is 6.49. The van der Waals surface area contributed by atoms with Crippen molar-refractivity contribution in [2.75, 3.05) is 23.7 Å². The molecule has 1 fully saturated rings. The minimum absolute atomic E-state index is 0.0706.